The first kappa shape index (κ1) is 11.6. The number of hydrogen-bond donors (Lipinski definition) is 1. The lowest BCUT2D eigenvalue weighted by Gasteiger charge is -2.07. The molecule has 6 heteroatoms. The van der Waals surface area contributed by atoms with Gasteiger partial charge in [0.25, 0.3) is 0 Å². The van der Waals surface area contributed by atoms with E-state index in [2.05, 4.69) is 31.6 Å². The smallest absolute Gasteiger partial charge is 0.0864 e. The van der Waals surface area contributed by atoms with Crippen LogP contribution >= 0.6 is 27.5 Å². The Kier molecular flexibility index (Phi) is 3.58. The maximum absolute atomic E-state index is 6.13. The Morgan fingerprint density at radius 2 is 2.31 bits per heavy atom. The van der Waals surface area contributed by atoms with Gasteiger partial charge in [-0.15, -0.1) is 5.10 Å². The number of aromatic nitrogens is 3. The lowest BCUT2D eigenvalue weighted by molar-refractivity contribution is 0.714. The number of halogens is 2. The summed E-state index contributed by atoms with van der Waals surface area (Å²) in [5.41, 5.74) is 1.78. The third-order valence-corrected chi connectivity index (χ3v) is 2.93. The van der Waals surface area contributed by atoms with E-state index in [1.54, 1.807) is 10.9 Å². The largest absolute Gasteiger partial charge is 0.314 e. The molecule has 0 saturated heterocycles. The Labute approximate surface area is 107 Å². The fraction of sp³-hybridized carbons (Fsp3) is 0.200. The molecule has 0 aliphatic heterocycles. The van der Waals surface area contributed by atoms with Crippen LogP contribution in [-0.4, -0.2) is 22.0 Å². The van der Waals surface area contributed by atoms with Crippen molar-refractivity contribution in [2.24, 2.45) is 0 Å². The molecule has 16 heavy (non-hydrogen) atoms. The molecule has 0 aliphatic carbocycles. The summed E-state index contributed by atoms with van der Waals surface area (Å²) in [5, 5.41) is 11.6. The van der Waals surface area contributed by atoms with Crippen molar-refractivity contribution < 1.29 is 0 Å². The van der Waals surface area contributed by atoms with Crippen LogP contribution in [0.3, 0.4) is 0 Å². The molecule has 2 rings (SSSR count). The van der Waals surface area contributed by atoms with Crippen molar-refractivity contribution in [3.8, 4) is 5.69 Å². The third-order valence-electron chi connectivity index (χ3n) is 2.11. The van der Waals surface area contributed by atoms with Gasteiger partial charge in [-0.2, -0.15) is 0 Å². The summed E-state index contributed by atoms with van der Waals surface area (Å²) >= 11 is 9.54. The number of nitrogens with zero attached hydrogens (tertiary/aromatic N) is 3. The maximum atomic E-state index is 6.13. The summed E-state index contributed by atoms with van der Waals surface area (Å²) in [6.07, 6.45) is 1.72. The van der Waals surface area contributed by atoms with Gasteiger partial charge in [0.15, 0.2) is 0 Å². The quantitative estimate of drug-likeness (QED) is 0.946. The van der Waals surface area contributed by atoms with Gasteiger partial charge in [0.1, 0.15) is 0 Å². The van der Waals surface area contributed by atoms with Gasteiger partial charge in [0.05, 0.1) is 22.6 Å². The first-order valence-electron chi connectivity index (χ1n) is 4.72. The molecule has 0 aliphatic rings. The molecule has 4 nitrogen and oxygen atoms in total. The molecule has 0 spiro atoms. The molecule has 84 valence electrons. The first-order chi connectivity index (χ1) is 7.72. The Morgan fingerprint density at radius 1 is 1.50 bits per heavy atom. The van der Waals surface area contributed by atoms with Crippen molar-refractivity contribution in [3.05, 3.63) is 39.6 Å². The van der Waals surface area contributed by atoms with Crippen LogP contribution in [0.4, 0.5) is 0 Å². The van der Waals surface area contributed by atoms with Crippen molar-refractivity contribution in [2.45, 2.75) is 6.54 Å². The van der Waals surface area contributed by atoms with Crippen LogP contribution < -0.4 is 5.32 Å². The van der Waals surface area contributed by atoms with Crippen LogP contribution in [0.5, 0.6) is 0 Å². The van der Waals surface area contributed by atoms with E-state index in [0.29, 0.717) is 11.6 Å². The van der Waals surface area contributed by atoms with Crippen LogP contribution in [0.25, 0.3) is 5.69 Å². The normalized spacial score (nSPS) is 10.7. The molecule has 0 saturated carbocycles. The summed E-state index contributed by atoms with van der Waals surface area (Å²) in [6, 6.07) is 5.63. The van der Waals surface area contributed by atoms with E-state index in [1.807, 2.05) is 25.2 Å². The lowest BCUT2D eigenvalue weighted by Crippen LogP contribution is -2.11. The minimum atomic E-state index is 0.644. The third kappa shape index (κ3) is 2.26. The molecule has 0 amide bonds. The van der Waals surface area contributed by atoms with Crippen molar-refractivity contribution in [2.75, 3.05) is 7.05 Å². The molecular formula is C10H10BrClN4. The van der Waals surface area contributed by atoms with Crippen molar-refractivity contribution in [3.63, 3.8) is 0 Å². The van der Waals surface area contributed by atoms with Crippen LogP contribution in [0, 0.1) is 0 Å². The van der Waals surface area contributed by atoms with Gasteiger partial charge >= 0.3 is 0 Å². The van der Waals surface area contributed by atoms with Crippen LogP contribution in [0.2, 0.25) is 5.02 Å². The Hall–Kier alpha value is -0.910. The SMILES string of the molecule is CNCc1cnnn1-c1cc(Br)ccc1Cl. The maximum Gasteiger partial charge on any atom is 0.0864 e. The Bertz CT molecular complexity index is 497. The van der Waals surface area contributed by atoms with Crippen molar-refractivity contribution in [1.29, 1.82) is 0 Å². The van der Waals surface area contributed by atoms with Gasteiger partial charge in [-0.05, 0) is 25.2 Å². The van der Waals surface area contributed by atoms with E-state index in [-0.39, 0.29) is 0 Å². The average molecular weight is 302 g/mol. The highest BCUT2D eigenvalue weighted by Gasteiger charge is 2.09. The van der Waals surface area contributed by atoms with Gasteiger partial charge in [-0.1, -0.05) is 32.7 Å². The predicted octanol–water partition coefficient (Wildman–Crippen LogP) is 2.40. The van der Waals surface area contributed by atoms with E-state index < -0.39 is 0 Å². The van der Waals surface area contributed by atoms with Gasteiger partial charge in [0.2, 0.25) is 0 Å². The second-order valence-corrected chi connectivity index (χ2v) is 4.59. The second kappa shape index (κ2) is 4.95. The molecule has 0 radical (unpaired) electrons. The van der Waals surface area contributed by atoms with Crippen LogP contribution in [-0.2, 0) is 6.54 Å². The summed E-state index contributed by atoms with van der Waals surface area (Å²) in [6.45, 7) is 0.690. The highest BCUT2D eigenvalue weighted by Crippen LogP contribution is 2.24. The minimum absolute atomic E-state index is 0.644. The minimum Gasteiger partial charge on any atom is -0.314 e. The molecule has 1 heterocycles. The number of nitrogens with one attached hydrogen (secondary N) is 1. The zero-order valence-corrected chi connectivity index (χ0v) is 11.0. The predicted molar refractivity (Wildman–Crippen MR) is 66.8 cm³/mol. The number of hydrogen-bond acceptors (Lipinski definition) is 3. The topological polar surface area (TPSA) is 42.7 Å². The molecule has 1 aromatic carbocycles. The molecule has 2 aromatic rings. The van der Waals surface area contributed by atoms with Crippen molar-refractivity contribution in [1.82, 2.24) is 20.3 Å². The highest BCUT2D eigenvalue weighted by atomic mass is 79.9. The summed E-state index contributed by atoms with van der Waals surface area (Å²) in [7, 11) is 1.87. The highest BCUT2D eigenvalue weighted by molar-refractivity contribution is 9.10. The molecule has 1 aromatic heterocycles. The summed E-state index contributed by atoms with van der Waals surface area (Å²) in [5.74, 6) is 0. The monoisotopic (exact) mass is 300 g/mol. The fourth-order valence-electron chi connectivity index (χ4n) is 1.41. The van der Waals surface area contributed by atoms with E-state index in [1.165, 1.54) is 0 Å². The molecular weight excluding hydrogens is 291 g/mol. The molecule has 1 N–H and O–H groups in total. The standard InChI is InChI=1S/C10H10BrClN4/c1-13-5-8-6-14-15-16(8)10-4-7(11)2-3-9(10)12/h2-4,6,13H,5H2,1H3. The fourth-order valence-corrected chi connectivity index (χ4v) is 1.96. The second-order valence-electron chi connectivity index (χ2n) is 3.26. The zero-order chi connectivity index (χ0) is 11.5. The van der Waals surface area contributed by atoms with E-state index in [0.717, 1.165) is 15.9 Å². The van der Waals surface area contributed by atoms with Gasteiger partial charge < -0.3 is 5.32 Å². The van der Waals surface area contributed by atoms with Gasteiger partial charge in [-0.3, -0.25) is 0 Å². The average Bonchev–Trinajstić information content (AvgIpc) is 2.70. The van der Waals surface area contributed by atoms with Crippen LogP contribution in [0.1, 0.15) is 5.69 Å². The summed E-state index contributed by atoms with van der Waals surface area (Å²) < 4.78 is 2.68. The van der Waals surface area contributed by atoms with Crippen LogP contribution in [0.15, 0.2) is 28.9 Å². The van der Waals surface area contributed by atoms with Gasteiger partial charge in [0, 0.05) is 11.0 Å². The van der Waals surface area contributed by atoms with Gasteiger partial charge in [-0.25, -0.2) is 4.68 Å². The first-order valence-corrected chi connectivity index (χ1v) is 5.89. The molecule has 0 unspecified atom stereocenters. The Balaban J connectivity index is 2.49. The Morgan fingerprint density at radius 3 is 3.06 bits per heavy atom. The van der Waals surface area contributed by atoms with E-state index in [9.17, 15) is 0 Å². The van der Waals surface area contributed by atoms with Crippen molar-refractivity contribution >= 4 is 27.5 Å². The molecule has 0 fully saturated rings. The number of rotatable bonds is 3. The zero-order valence-electron chi connectivity index (χ0n) is 8.61. The number of benzene rings is 1. The molecule has 0 bridgehead atoms. The lowest BCUT2D eigenvalue weighted by atomic mass is 10.3. The van der Waals surface area contributed by atoms with E-state index >= 15 is 0 Å². The van der Waals surface area contributed by atoms with E-state index in [4.69, 9.17) is 11.6 Å². The molecule has 0 atom stereocenters. The summed E-state index contributed by atoms with van der Waals surface area (Å²) in [4.78, 5) is 0.